The summed E-state index contributed by atoms with van der Waals surface area (Å²) in [5.74, 6) is 0.579. The van der Waals surface area contributed by atoms with E-state index in [-0.39, 0.29) is 0 Å². The van der Waals surface area contributed by atoms with Crippen molar-refractivity contribution in [2.24, 2.45) is 0 Å². The second kappa shape index (κ2) is 7.22. The lowest BCUT2D eigenvalue weighted by Gasteiger charge is -2.10. The molecule has 0 fully saturated rings. The van der Waals surface area contributed by atoms with Gasteiger partial charge in [0.05, 0.1) is 5.69 Å². The van der Waals surface area contributed by atoms with Crippen LogP contribution in [0.25, 0.3) is 11.3 Å². The van der Waals surface area contributed by atoms with E-state index < -0.39 is 0 Å². The predicted octanol–water partition coefficient (Wildman–Crippen LogP) is 3.16. The van der Waals surface area contributed by atoms with Crippen LogP contribution in [0.3, 0.4) is 0 Å². The number of nitrogens with zero attached hydrogens (tertiary/aromatic N) is 3. The van der Waals surface area contributed by atoms with Gasteiger partial charge in [-0.2, -0.15) is 0 Å². The maximum Gasteiger partial charge on any atom is 0.224 e. The highest BCUT2D eigenvalue weighted by molar-refractivity contribution is 6.29. The SMILES string of the molecule is CN(C)CCCNc1nc(Cl)cc(-c2ccccc2)n1. The fourth-order valence-electron chi connectivity index (χ4n) is 1.85. The van der Waals surface area contributed by atoms with Gasteiger partial charge in [-0.15, -0.1) is 0 Å². The van der Waals surface area contributed by atoms with Gasteiger partial charge in [0.2, 0.25) is 5.95 Å². The van der Waals surface area contributed by atoms with Crippen LogP contribution in [-0.2, 0) is 0 Å². The monoisotopic (exact) mass is 290 g/mol. The number of hydrogen-bond acceptors (Lipinski definition) is 4. The van der Waals surface area contributed by atoms with Crippen molar-refractivity contribution in [3.8, 4) is 11.3 Å². The maximum atomic E-state index is 6.06. The molecule has 2 aromatic rings. The molecule has 2 rings (SSSR count). The van der Waals surface area contributed by atoms with E-state index in [2.05, 4.69) is 34.3 Å². The number of nitrogens with one attached hydrogen (secondary N) is 1. The second-order valence-electron chi connectivity index (χ2n) is 4.85. The highest BCUT2D eigenvalue weighted by Gasteiger charge is 2.05. The molecular formula is C15H19ClN4. The summed E-state index contributed by atoms with van der Waals surface area (Å²) in [7, 11) is 4.12. The van der Waals surface area contributed by atoms with E-state index in [0.717, 1.165) is 30.8 Å². The van der Waals surface area contributed by atoms with E-state index in [1.165, 1.54) is 0 Å². The predicted molar refractivity (Wildman–Crippen MR) is 84.1 cm³/mol. The van der Waals surface area contributed by atoms with Gasteiger partial charge in [0.1, 0.15) is 5.15 Å². The van der Waals surface area contributed by atoms with Gasteiger partial charge in [-0.25, -0.2) is 9.97 Å². The lowest BCUT2D eigenvalue weighted by atomic mass is 10.1. The summed E-state index contributed by atoms with van der Waals surface area (Å²) < 4.78 is 0. The normalized spacial score (nSPS) is 10.8. The van der Waals surface area contributed by atoms with Gasteiger partial charge in [-0.3, -0.25) is 0 Å². The molecule has 0 bridgehead atoms. The molecule has 4 nitrogen and oxygen atoms in total. The number of anilines is 1. The van der Waals surface area contributed by atoms with Crippen LogP contribution in [0.4, 0.5) is 5.95 Å². The van der Waals surface area contributed by atoms with Crippen LogP contribution in [0, 0.1) is 0 Å². The van der Waals surface area contributed by atoms with Gasteiger partial charge in [0, 0.05) is 18.2 Å². The molecule has 0 radical (unpaired) electrons. The second-order valence-corrected chi connectivity index (χ2v) is 5.24. The lowest BCUT2D eigenvalue weighted by molar-refractivity contribution is 0.405. The van der Waals surface area contributed by atoms with E-state index in [1.807, 2.05) is 30.3 Å². The highest BCUT2D eigenvalue weighted by atomic mass is 35.5. The van der Waals surface area contributed by atoms with Crippen LogP contribution < -0.4 is 5.32 Å². The maximum absolute atomic E-state index is 6.06. The lowest BCUT2D eigenvalue weighted by Crippen LogP contribution is -2.17. The molecule has 0 saturated heterocycles. The molecule has 1 N–H and O–H groups in total. The van der Waals surface area contributed by atoms with Crippen LogP contribution in [0.1, 0.15) is 6.42 Å². The van der Waals surface area contributed by atoms with Crippen LogP contribution in [-0.4, -0.2) is 42.1 Å². The Morgan fingerprint density at radius 2 is 1.90 bits per heavy atom. The van der Waals surface area contributed by atoms with Crippen molar-refractivity contribution in [1.29, 1.82) is 0 Å². The summed E-state index contributed by atoms with van der Waals surface area (Å²) in [6.45, 7) is 1.85. The Hall–Kier alpha value is -1.65. The van der Waals surface area contributed by atoms with Gasteiger partial charge in [-0.1, -0.05) is 41.9 Å². The van der Waals surface area contributed by atoms with Gasteiger partial charge in [0.15, 0.2) is 0 Å². The van der Waals surface area contributed by atoms with Crippen LogP contribution in [0.5, 0.6) is 0 Å². The third-order valence-electron chi connectivity index (χ3n) is 2.83. The van der Waals surface area contributed by atoms with Gasteiger partial charge in [0.25, 0.3) is 0 Å². The third kappa shape index (κ3) is 4.47. The molecule has 106 valence electrons. The van der Waals surface area contributed by atoms with Gasteiger partial charge >= 0.3 is 0 Å². The molecule has 1 aromatic carbocycles. The first-order valence-electron chi connectivity index (χ1n) is 6.64. The smallest absolute Gasteiger partial charge is 0.224 e. The first kappa shape index (κ1) is 14.8. The van der Waals surface area contributed by atoms with Crippen molar-refractivity contribution in [3.63, 3.8) is 0 Å². The van der Waals surface area contributed by atoms with Crippen molar-refractivity contribution in [3.05, 3.63) is 41.6 Å². The molecule has 0 unspecified atom stereocenters. The Balaban J connectivity index is 2.05. The minimum Gasteiger partial charge on any atom is -0.354 e. The van der Waals surface area contributed by atoms with Crippen molar-refractivity contribution in [1.82, 2.24) is 14.9 Å². The first-order valence-corrected chi connectivity index (χ1v) is 7.01. The zero-order valence-corrected chi connectivity index (χ0v) is 12.6. The zero-order valence-electron chi connectivity index (χ0n) is 11.8. The number of benzene rings is 1. The molecule has 0 saturated carbocycles. The summed E-state index contributed by atoms with van der Waals surface area (Å²) in [6.07, 6.45) is 1.03. The highest BCUT2D eigenvalue weighted by Crippen LogP contribution is 2.20. The van der Waals surface area contributed by atoms with Gasteiger partial charge < -0.3 is 10.2 Å². The summed E-state index contributed by atoms with van der Waals surface area (Å²) >= 11 is 6.06. The van der Waals surface area contributed by atoms with Gasteiger partial charge in [-0.05, 0) is 27.1 Å². The summed E-state index contributed by atoms with van der Waals surface area (Å²) in [5, 5.41) is 3.67. The Bertz CT molecular complexity index is 543. The Labute approximate surface area is 124 Å². The minimum absolute atomic E-state index is 0.453. The van der Waals surface area contributed by atoms with Crippen LogP contribution in [0.2, 0.25) is 5.15 Å². The van der Waals surface area contributed by atoms with Crippen molar-refractivity contribution >= 4 is 17.5 Å². The Morgan fingerprint density at radius 3 is 2.60 bits per heavy atom. The van der Waals surface area contributed by atoms with E-state index in [1.54, 1.807) is 6.07 Å². The molecule has 20 heavy (non-hydrogen) atoms. The Kier molecular flexibility index (Phi) is 5.32. The number of rotatable bonds is 6. The van der Waals surface area contributed by atoms with Crippen molar-refractivity contribution < 1.29 is 0 Å². The zero-order chi connectivity index (χ0) is 14.4. The van der Waals surface area contributed by atoms with Crippen molar-refractivity contribution in [2.45, 2.75) is 6.42 Å². The van der Waals surface area contributed by atoms with Crippen molar-refractivity contribution in [2.75, 3.05) is 32.5 Å². The largest absolute Gasteiger partial charge is 0.354 e. The average Bonchev–Trinajstić information content (AvgIpc) is 2.44. The van der Waals surface area contributed by atoms with E-state index in [4.69, 9.17) is 11.6 Å². The molecule has 0 amide bonds. The fraction of sp³-hybridized carbons (Fsp3) is 0.333. The summed E-state index contributed by atoms with van der Waals surface area (Å²) in [4.78, 5) is 10.9. The topological polar surface area (TPSA) is 41.0 Å². The number of hydrogen-bond donors (Lipinski definition) is 1. The molecule has 0 aliphatic rings. The minimum atomic E-state index is 0.453. The van der Waals surface area contributed by atoms with E-state index >= 15 is 0 Å². The standard InChI is InChI=1S/C15H19ClN4/c1-20(2)10-6-9-17-15-18-13(11-14(16)19-15)12-7-4-3-5-8-12/h3-5,7-8,11H,6,9-10H2,1-2H3,(H,17,18,19). The number of halogens is 1. The quantitative estimate of drug-likeness (QED) is 0.655. The molecule has 1 heterocycles. The molecule has 1 aromatic heterocycles. The molecule has 0 spiro atoms. The van der Waals surface area contributed by atoms with Crippen LogP contribution in [0.15, 0.2) is 36.4 Å². The third-order valence-corrected chi connectivity index (χ3v) is 3.02. The van der Waals surface area contributed by atoms with E-state index in [0.29, 0.717) is 11.1 Å². The molecular weight excluding hydrogens is 272 g/mol. The Morgan fingerprint density at radius 1 is 1.15 bits per heavy atom. The summed E-state index contributed by atoms with van der Waals surface area (Å²) in [6, 6.07) is 11.7. The average molecular weight is 291 g/mol. The molecule has 0 aliphatic carbocycles. The summed E-state index contributed by atoms with van der Waals surface area (Å²) in [5.41, 5.74) is 1.87. The first-order chi connectivity index (χ1) is 9.65. The molecule has 0 aliphatic heterocycles. The molecule has 5 heteroatoms. The molecule has 0 atom stereocenters. The van der Waals surface area contributed by atoms with E-state index in [9.17, 15) is 0 Å². The fourth-order valence-corrected chi connectivity index (χ4v) is 2.03. The number of aromatic nitrogens is 2. The van der Waals surface area contributed by atoms with Crippen LogP contribution >= 0.6 is 11.6 Å².